The highest BCUT2D eigenvalue weighted by atomic mass is 32.2. The second-order valence-corrected chi connectivity index (χ2v) is 9.54. The Bertz CT molecular complexity index is 942. The minimum atomic E-state index is -3.46. The van der Waals surface area contributed by atoms with Gasteiger partial charge in [-0.15, -0.1) is 0 Å². The van der Waals surface area contributed by atoms with E-state index in [2.05, 4.69) is 15.2 Å². The molecule has 0 spiro atoms. The molecular weight excluding hydrogens is 388 g/mol. The second kappa shape index (κ2) is 8.51. The predicted octanol–water partition coefficient (Wildman–Crippen LogP) is 2.72. The summed E-state index contributed by atoms with van der Waals surface area (Å²) in [7, 11) is -3.46. The Morgan fingerprint density at radius 3 is 2.45 bits per heavy atom. The zero-order valence-corrected chi connectivity index (χ0v) is 17.1. The minimum Gasteiger partial charge on any atom is -0.356 e. The summed E-state index contributed by atoms with van der Waals surface area (Å²) in [5.41, 5.74) is 0.796. The van der Waals surface area contributed by atoms with Crippen LogP contribution in [0, 0.1) is 5.92 Å². The fourth-order valence-electron chi connectivity index (χ4n) is 3.95. The van der Waals surface area contributed by atoms with Gasteiger partial charge in [-0.2, -0.15) is 4.31 Å². The number of amides is 1. The van der Waals surface area contributed by atoms with Crippen molar-refractivity contribution in [1.29, 1.82) is 0 Å². The fourth-order valence-corrected chi connectivity index (χ4v) is 5.42. The highest BCUT2D eigenvalue weighted by Gasteiger charge is 2.29. The molecule has 1 N–H and O–H groups in total. The Kier molecular flexibility index (Phi) is 5.82. The van der Waals surface area contributed by atoms with Gasteiger partial charge in [0.25, 0.3) is 0 Å². The first-order chi connectivity index (χ1) is 14.0. The summed E-state index contributed by atoms with van der Waals surface area (Å²) in [6.45, 7) is 2.53. The lowest BCUT2D eigenvalue weighted by Gasteiger charge is -2.33. The lowest BCUT2D eigenvalue weighted by molar-refractivity contribution is -0.120. The number of benzene rings is 1. The Hall–Kier alpha value is -2.45. The summed E-state index contributed by atoms with van der Waals surface area (Å²) < 4.78 is 26.8. The quantitative estimate of drug-likeness (QED) is 0.813. The van der Waals surface area contributed by atoms with E-state index < -0.39 is 10.0 Å². The zero-order valence-electron chi connectivity index (χ0n) is 16.3. The monoisotopic (exact) mass is 414 g/mol. The number of carbonyl (C=O) groups is 1. The summed E-state index contributed by atoms with van der Waals surface area (Å²) >= 11 is 0. The maximum atomic E-state index is 12.7. The van der Waals surface area contributed by atoms with E-state index >= 15 is 0 Å². The van der Waals surface area contributed by atoms with Crippen molar-refractivity contribution >= 4 is 27.4 Å². The summed E-state index contributed by atoms with van der Waals surface area (Å²) in [6.07, 6.45) is 4.98. The van der Waals surface area contributed by atoms with Gasteiger partial charge in [-0.3, -0.25) is 4.79 Å². The summed E-state index contributed by atoms with van der Waals surface area (Å²) in [5, 5.41) is 2.97. The van der Waals surface area contributed by atoms with E-state index in [0.717, 1.165) is 37.9 Å². The molecule has 2 aromatic rings. The van der Waals surface area contributed by atoms with Gasteiger partial charge in [0.15, 0.2) is 0 Å². The number of aromatic nitrogens is 1. The van der Waals surface area contributed by atoms with Crippen LogP contribution in [0.2, 0.25) is 0 Å². The van der Waals surface area contributed by atoms with Crippen molar-refractivity contribution in [3.8, 4) is 0 Å². The average molecular weight is 415 g/mol. The molecule has 2 fully saturated rings. The van der Waals surface area contributed by atoms with Crippen LogP contribution < -0.4 is 10.2 Å². The van der Waals surface area contributed by atoms with E-state index in [1.165, 1.54) is 10.5 Å². The molecule has 0 radical (unpaired) electrons. The lowest BCUT2D eigenvalue weighted by Crippen LogP contribution is -2.41. The van der Waals surface area contributed by atoms with Crippen molar-refractivity contribution in [3.63, 3.8) is 0 Å². The van der Waals surface area contributed by atoms with Crippen LogP contribution in [0.15, 0.2) is 53.6 Å². The van der Waals surface area contributed by atoms with Gasteiger partial charge in [-0.1, -0.05) is 18.2 Å². The zero-order chi connectivity index (χ0) is 20.3. The third-order valence-corrected chi connectivity index (χ3v) is 7.46. The third kappa shape index (κ3) is 4.43. The first-order valence-corrected chi connectivity index (χ1v) is 11.5. The molecule has 0 aliphatic carbocycles. The largest absolute Gasteiger partial charge is 0.356 e. The number of pyridine rings is 1. The van der Waals surface area contributed by atoms with Gasteiger partial charge in [0, 0.05) is 38.1 Å². The highest BCUT2D eigenvalue weighted by molar-refractivity contribution is 7.89. The third-order valence-electron chi connectivity index (χ3n) is 5.58. The first-order valence-electron chi connectivity index (χ1n) is 10.1. The van der Waals surface area contributed by atoms with Gasteiger partial charge in [-0.05, 0) is 49.9 Å². The number of rotatable bonds is 5. The van der Waals surface area contributed by atoms with E-state index in [1.54, 1.807) is 12.1 Å². The summed E-state index contributed by atoms with van der Waals surface area (Å²) in [4.78, 5) is 19.3. The molecule has 2 saturated heterocycles. The number of piperidine rings is 1. The van der Waals surface area contributed by atoms with Crippen LogP contribution in [-0.2, 0) is 14.8 Å². The lowest BCUT2D eigenvalue weighted by atomic mass is 9.97. The van der Waals surface area contributed by atoms with Crippen LogP contribution in [0.5, 0.6) is 0 Å². The summed E-state index contributed by atoms with van der Waals surface area (Å²) in [5.74, 6) is 0.593. The minimum absolute atomic E-state index is 0.00845. The number of para-hydroxylation sites is 1. The normalized spacial score (nSPS) is 20.6. The molecule has 7 nitrogen and oxygen atoms in total. The molecule has 0 unspecified atom stereocenters. The van der Waals surface area contributed by atoms with Crippen LogP contribution in [0.4, 0.5) is 11.5 Å². The second-order valence-electron chi connectivity index (χ2n) is 7.60. The van der Waals surface area contributed by atoms with Crippen LogP contribution in [0.1, 0.15) is 25.7 Å². The Balaban J connectivity index is 1.42. The molecule has 1 aromatic carbocycles. The number of hydrogen-bond acceptors (Lipinski definition) is 5. The standard InChI is InChI=1S/C21H26N4O3S/c26-21(23-18-8-2-1-3-9-18)17-7-6-12-24(16-17)20-11-10-19(15-22-20)29(27,28)25-13-4-5-14-25/h1-3,8-11,15,17H,4-7,12-14,16H2,(H,23,26)/t17-/m1/s1. The number of nitrogens with zero attached hydrogens (tertiary/aromatic N) is 3. The number of sulfonamides is 1. The van der Waals surface area contributed by atoms with Gasteiger partial charge in [0.1, 0.15) is 10.7 Å². The van der Waals surface area contributed by atoms with Crippen molar-refractivity contribution in [2.24, 2.45) is 5.92 Å². The van der Waals surface area contributed by atoms with E-state index in [9.17, 15) is 13.2 Å². The van der Waals surface area contributed by atoms with E-state index in [-0.39, 0.29) is 16.7 Å². The van der Waals surface area contributed by atoms with Crippen LogP contribution in [-0.4, -0.2) is 49.8 Å². The molecule has 3 heterocycles. The van der Waals surface area contributed by atoms with Crippen molar-refractivity contribution < 1.29 is 13.2 Å². The molecule has 1 atom stereocenters. The van der Waals surface area contributed by atoms with Gasteiger partial charge >= 0.3 is 0 Å². The van der Waals surface area contributed by atoms with Gasteiger partial charge in [-0.25, -0.2) is 13.4 Å². The summed E-state index contributed by atoms with van der Waals surface area (Å²) in [6, 6.07) is 12.8. The molecule has 0 saturated carbocycles. The molecule has 154 valence electrons. The highest BCUT2D eigenvalue weighted by Crippen LogP contribution is 2.25. The number of nitrogens with one attached hydrogen (secondary N) is 1. The number of hydrogen-bond donors (Lipinski definition) is 1. The molecule has 29 heavy (non-hydrogen) atoms. The van der Waals surface area contributed by atoms with Gasteiger partial charge < -0.3 is 10.2 Å². The molecule has 8 heteroatoms. The van der Waals surface area contributed by atoms with Crippen molar-refractivity contribution in [2.75, 3.05) is 36.4 Å². The van der Waals surface area contributed by atoms with E-state index in [4.69, 9.17) is 0 Å². The van der Waals surface area contributed by atoms with E-state index in [1.807, 2.05) is 30.3 Å². The predicted molar refractivity (Wildman–Crippen MR) is 112 cm³/mol. The van der Waals surface area contributed by atoms with E-state index in [0.29, 0.717) is 25.5 Å². The first kappa shape index (κ1) is 19.8. The van der Waals surface area contributed by atoms with Crippen LogP contribution >= 0.6 is 0 Å². The van der Waals surface area contributed by atoms with Crippen LogP contribution in [0.3, 0.4) is 0 Å². The maximum Gasteiger partial charge on any atom is 0.244 e. The Morgan fingerprint density at radius 1 is 1.00 bits per heavy atom. The van der Waals surface area contributed by atoms with Gasteiger partial charge in [0.2, 0.25) is 15.9 Å². The van der Waals surface area contributed by atoms with Crippen molar-refractivity contribution in [3.05, 3.63) is 48.7 Å². The average Bonchev–Trinajstić information content (AvgIpc) is 3.31. The molecule has 0 bridgehead atoms. The van der Waals surface area contributed by atoms with Crippen molar-refractivity contribution in [1.82, 2.24) is 9.29 Å². The maximum absolute atomic E-state index is 12.7. The SMILES string of the molecule is O=C(Nc1ccccc1)[C@@H]1CCCN(c2ccc(S(=O)(=O)N3CCCC3)cn2)C1. The van der Waals surface area contributed by atoms with Crippen LogP contribution in [0.25, 0.3) is 0 Å². The Labute approximate surface area is 171 Å². The molecule has 2 aliphatic rings. The van der Waals surface area contributed by atoms with Crippen molar-refractivity contribution in [2.45, 2.75) is 30.6 Å². The molecule has 4 rings (SSSR count). The molecule has 1 aromatic heterocycles. The molecule has 2 aliphatic heterocycles. The number of carbonyl (C=O) groups excluding carboxylic acids is 1. The Morgan fingerprint density at radius 2 is 1.76 bits per heavy atom. The van der Waals surface area contributed by atoms with Gasteiger partial charge in [0.05, 0.1) is 5.92 Å². The fraction of sp³-hybridized carbons (Fsp3) is 0.429. The smallest absolute Gasteiger partial charge is 0.244 e. The number of anilines is 2. The molecule has 1 amide bonds. The molecular formula is C21H26N4O3S. The topological polar surface area (TPSA) is 82.6 Å².